The highest BCUT2D eigenvalue weighted by Gasteiger charge is 2.30. The van der Waals surface area contributed by atoms with Gasteiger partial charge in [0.25, 0.3) is 0 Å². The number of aromatic nitrogens is 2. The summed E-state index contributed by atoms with van der Waals surface area (Å²) in [6, 6.07) is 0. The molecular weight excluding hydrogens is 219 g/mol. The van der Waals surface area contributed by atoms with E-state index in [0.29, 0.717) is 11.8 Å². The molecule has 0 radical (unpaired) electrons. The van der Waals surface area contributed by atoms with E-state index in [1.807, 2.05) is 4.68 Å². The maximum atomic E-state index is 6.20. The summed E-state index contributed by atoms with van der Waals surface area (Å²) in [7, 11) is 0. The van der Waals surface area contributed by atoms with Crippen LogP contribution in [0.1, 0.15) is 43.4 Å². The molecule has 0 aliphatic heterocycles. The fourth-order valence-electron chi connectivity index (χ4n) is 1.66. The minimum Gasteiger partial charge on any atom is -0.253 e. The Morgan fingerprint density at radius 1 is 1.50 bits per heavy atom. The molecule has 1 aromatic heterocycles. The van der Waals surface area contributed by atoms with Crippen LogP contribution in [0, 0.1) is 0 Å². The standard InChI is InChI=1S/C10H14Cl2N2/c1-2-5-14-10(12)8(6-11)9(13-14)7-3-4-7/h7H,2-6H2,1H3. The van der Waals surface area contributed by atoms with Crippen molar-refractivity contribution in [1.82, 2.24) is 9.78 Å². The number of rotatable bonds is 4. The maximum Gasteiger partial charge on any atom is 0.131 e. The van der Waals surface area contributed by atoms with E-state index in [9.17, 15) is 0 Å². The van der Waals surface area contributed by atoms with E-state index < -0.39 is 0 Å². The summed E-state index contributed by atoms with van der Waals surface area (Å²) in [6.45, 7) is 3.00. The van der Waals surface area contributed by atoms with Crippen LogP contribution in [0.2, 0.25) is 5.15 Å². The van der Waals surface area contributed by atoms with Gasteiger partial charge < -0.3 is 0 Å². The van der Waals surface area contributed by atoms with Gasteiger partial charge in [-0.25, -0.2) is 0 Å². The van der Waals surface area contributed by atoms with Crippen molar-refractivity contribution in [1.29, 1.82) is 0 Å². The number of hydrogen-bond acceptors (Lipinski definition) is 1. The van der Waals surface area contributed by atoms with E-state index in [1.165, 1.54) is 12.8 Å². The normalized spacial score (nSPS) is 16.2. The van der Waals surface area contributed by atoms with Crippen LogP contribution in [0.25, 0.3) is 0 Å². The van der Waals surface area contributed by atoms with Crippen molar-refractivity contribution in [3.63, 3.8) is 0 Å². The molecule has 2 nitrogen and oxygen atoms in total. The van der Waals surface area contributed by atoms with Crippen molar-refractivity contribution in [2.24, 2.45) is 0 Å². The summed E-state index contributed by atoms with van der Waals surface area (Å²) in [5.74, 6) is 1.10. The number of nitrogens with zero attached hydrogens (tertiary/aromatic N) is 2. The lowest BCUT2D eigenvalue weighted by Crippen LogP contribution is -1.99. The quantitative estimate of drug-likeness (QED) is 0.727. The smallest absolute Gasteiger partial charge is 0.131 e. The molecule has 4 heteroatoms. The highest BCUT2D eigenvalue weighted by Crippen LogP contribution is 2.42. The van der Waals surface area contributed by atoms with Crippen LogP contribution < -0.4 is 0 Å². The summed E-state index contributed by atoms with van der Waals surface area (Å²) in [5.41, 5.74) is 2.18. The van der Waals surface area contributed by atoms with Crippen LogP contribution in [0.15, 0.2) is 0 Å². The molecule has 0 spiro atoms. The third-order valence-electron chi connectivity index (χ3n) is 2.55. The van der Waals surface area contributed by atoms with Crippen LogP contribution in [-0.2, 0) is 12.4 Å². The molecule has 0 bridgehead atoms. The first-order valence-electron chi connectivity index (χ1n) is 5.09. The van der Waals surface area contributed by atoms with Gasteiger partial charge in [0.15, 0.2) is 0 Å². The molecule has 0 atom stereocenters. The molecule has 1 heterocycles. The number of halogens is 2. The molecule has 0 unspecified atom stereocenters. The highest BCUT2D eigenvalue weighted by molar-refractivity contribution is 6.31. The molecule has 78 valence electrons. The van der Waals surface area contributed by atoms with Gasteiger partial charge in [-0.3, -0.25) is 4.68 Å². The first-order chi connectivity index (χ1) is 6.77. The Balaban J connectivity index is 2.33. The van der Waals surface area contributed by atoms with Crippen molar-refractivity contribution < 1.29 is 0 Å². The molecule has 1 aliphatic carbocycles. The van der Waals surface area contributed by atoms with E-state index in [1.54, 1.807) is 0 Å². The van der Waals surface area contributed by atoms with Gasteiger partial charge in [0.2, 0.25) is 0 Å². The monoisotopic (exact) mass is 232 g/mol. The molecule has 0 aromatic carbocycles. The molecule has 1 saturated carbocycles. The van der Waals surface area contributed by atoms with Crippen molar-refractivity contribution in [3.05, 3.63) is 16.4 Å². The molecule has 0 N–H and O–H groups in total. The van der Waals surface area contributed by atoms with Gasteiger partial charge in [-0.1, -0.05) is 18.5 Å². The predicted molar refractivity (Wildman–Crippen MR) is 59.1 cm³/mol. The predicted octanol–water partition coefficient (Wildman–Crippen LogP) is 3.56. The molecule has 14 heavy (non-hydrogen) atoms. The van der Waals surface area contributed by atoms with Crippen molar-refractivity contribution in [3.8, 4) is 0 Å². The molecule has 1 aliphatic rings. The minimum absolute atomic E-state index is 0.481. The lowest BCUT2D eigenvalue weighted by Gasteiger charge is -1.98. The fourth-order valence-corrected chi connectivity index (χ4v) is 2.28. The van der Waals surface area contributed by atoms with Crippen molar-refractivity contribution >= 4 is 23.2 Å². The summed E-state index contributed by atoms with van der Waals surface area (Å²) in [6.07, 6.45) is 3.53. The van der Waals surface area contributed by atoms with Gasteiger partial charge in [-0.2, -0.15) is 5.10 Å². The number of aryl methyl sites for hydroxylation is 1. The zero-order valence-electron chi connectivity index (χ0n) is 8.26. The SMILES string of the molecule is CCCn1nc(C2CC2)c(CCl)c1Cl. The van der Waals surface area contributed by atoms with E-state index in [0.717, 1.165) is 29.4 Å². The van der Waals surface area contributed by atoms with Crippen molar-refractivity contribution in [2.75, 3.05) is 0 Å². The lowest BCUT2D eigenvalue weighted by atomic mass is 10.2. The number of alkyl halides is 1. The molecule has 0 amide bonds. The lowest BCUT2D eigenvalue weighted by molar-refractivity contribution is 0.595. The molecule has 1 fully saturated rings. The Kier molecular flexibility index (Phi) is 3.03. The Labute approximate surface area is 94.2 Å². The van der Waals surface area contributed by atoms with Crippen LogP contribution in [0.4, 0.5) is 0 Å². The second-order valence-electron chi connectivity index (χ2n) is 3.79. The fraction of sp³-hybridized carbons (Fsp3) is 0.700. The topological polar surface area (TPSA) is 17.8 Å². The van der Waals surface area contributed by atoms with Gasteiger partial charge in [-0.05, 0) is 19.3 Å². The summed E-state index contributed by atoms with van der Waals surface area (Å²) < 4.78 is 1.88. The third kappa shape index (κ3) is 1.78. The van der Waals surface area contributed by atoms with Gasteiger partial charge >= 0.3 is 0 Å². The van der Waals surface area contributed by atoms with Crippen LogP contribution in [0.3, 0.4) is 0 Å². The summed E-state index contributed by atoms with van der Waals surface area (Å²) >= 11 is 12.1. The van der Waals surface area contributed by atoms with Gasteiger partial charge in [0.05, 0.1) is 11.6 Å². The van der Waals surface area contributed by atoms with Gasteiger partial charge in [-0.15, -0.1) is 11.6 Å². The third-order valence-corrected chi connectivity index (χ3v) is 3.24. The molecular formula is C10H14Cl2N2. The molecule has 2 rings (SSSR count). The van der Waals surface area contributed by atoms with Crippen LogP contribution in [-0.4, -0.2) is 9.78 Å². The summed E-state index contributed by atoms with van der Waals surface area (Å²) in [5, 5.41) is 5.27. The summed E-state index contributed by atoms with van der Waals surface area (Å²) in [4.78, 5) is 0. The van der Waals surface area contributed by atoms with E-state index in [2.05, 4.69) is 12.0 Å². The van der Waals surface area contributed by atoms with E-state index >= 15 is 0 Å². The first kappa shape index (κ1) is 10.3. The largest absolute Gasteiger partial charge is 0.253 e. The first-order valence-corrected chi connectivity index (χ1v) is 6.00. The maximum absolute atomic E-state index is 6.20. The average molecular weight is 233 g/mol. The zero-order chi connectivity index (χ0) is 10.1. The van der Waals surface area contributed by atoms with Gasteiger partial charge in [0.1, 0.15) is 5.15 Å². The van der Waals surface area contributed by atoms with Crippen LogP contribution >= 0.6 is 23.2 Å². The molecule has 1 aromatic rings. The second-order valence-corrected chi connectivity index (χ2v) is 4.41. The zero-order valence-corrected chi connectivity index (χ0v) is 9.78. The molecule has 0 saturated heterocycles. The minimum atomic E-state index is 0.481. The van der Waals surface area contributed by atoms with Crippen molar-refractivity contribution in [2.45, 2.75) is 44.5 Å². The van der Waals surface area contributed by atoms with E-state index in [4.69, 9.17) is 23.2 Å². The Morgan fingerprint density at radius 2 is 2.21 bits per heavy atom. The number of hydrogen-bond donors (Lipinski definition) is 0. The van der Waals surface area contributed by atoms with Gasteiger partial charge in [0, 0.05) is 18.0 Å². The van der Waals surface area contributed by atoms with Crippen LogP contribution in [0.5, 0.6) is 0 Å². The average Bonchev–Trinajstić information content (AvgIpc) is 2.95. The Bertz CT molecular complexity index is 329. The highest BCUT2D eigenvalue weighted by atomic mass is 35.5. The Morgan fingerprint density at radius 3 is 2.71 bits per heavy atom. The second kappa shape index (κ2) is 4.11. The Hall–Kier alpha value is -0.210. The van der Waals surface area contributed by atoms with E-state index in [-0.39, 0.29) is 0 Å².